The lowest BCUT2D eigenvalue weighted by atomic mass is 10.3. The van der Waals surface area contributed by atoms with Crippen LogP contribution >= 0.6 is 0 Å². The number of rotatable bonds is 0. The molecule has 0 aromatic heterocycles. The molecular formula is C8H22O. The third kappa shape index (κ3) is 177000. The molecule has 0 unspecified atom stereocenters. The summed E-state index contributed by atoms with van der Waals surface area (Å²) in [5.41, 5.74) is 0. The van der Waals surface area contributed by atoms with Gasteiger partial charge in [-0.1, -0.05) is 41.0 Å². The van der Waals surface area contributed by atoms with Crippen molar-refractivity contribution < 1.29 is 5.11 Å². The Morgan fingerprint density at radius 3 is 1.00 bits per heavy atom. The largest absolute Gasteiger partial charge is 0.400 e. The fourth-order valence-corrected chi connectivity index (χ4v) is 0. The van der Waals surface area contributed by atoms with Crippen molar-refractivity contribution in [3.8, 4) is 0 Å². The average Bonchev–Trinajstić information content (AvgIpc) is 1.71. The van der Waals surface area contributed by atoms with Gasteiger partial charge < -0.3 is 5.11 Å². The topological polar surface area (TPSA) is 20.2 Å². The van der Waals surface area contributed by atoms with Crippen molar-refractivity contribution in [3.63, 3.8) is 0 Å². The molecule has 0 bridgehead atoms. The third-order valence-corrected chi connectivity index (χ3v) is 0. The highest BCUT2D eigenvalue weighted by atomic mass is 16.2. The van der Waals surface area contributed by atoms with Gasteiger partial charge in [0, 0.05) is 7.11 Å². The van der Waals surface area contributed by atoms with E-state index in [1.165, 1.54) is 6.42 Å². The van der Waals surface area contributed by atoms with Crippen LogP contribution in [0.5, 0.6) is 0 Å². The summed E-state index contributed by atoms with van der Waals surface area (Å²) < 4.78 is 0. The second-order valence-electron chi connectivity index (χ2n) is 2.44. The summed E-state index contributed by atoms with van der Waals surface area (Å²) in [7, 11) is 1.00. The van der Waals surface area contributed by atoms with E-state index in [1.807, 2.05) is 0 Å². The highest BCUT2D eigenvalue weighted by Crippen LogP contribution is 1.81. The van der Waals surface area contributed by atoms with Crippen LogP contribution in [-0.4, -0.2) is 12.2 Å². The first kappa shape index (κ1) is 16.0. The highest BCUT2D eigenvalue weighted by Gasteiger charge is 1.68. The molecule has 0 saturated heterocycles. The first-order valence-electron chi connectivity index (χ1n) is 3.59. The molecule has 0 heterocycles. The molecule has 0 radical (unpaired) electrons. The summed E-state index contributed by atoms with van der Waals surface area (Å²) in [6.07, 6.45) is 1.25. The van der Waals surface area contributed by atoms with Crippen molar-refractivity contribution in [2.24, 2.45) is 5.92 Å². The minimum Gasteiger partial charge on any atom is -0.400 e. The van der Waals surface area contributed by atoms with Gasteiger partial charge in [0.25, 0.3) is 0 Å². The quantitative estimate of drug-likeness (QED) is 0.540. The van der Waals surface area contributed by atoms with Gasteiger partial charge in [0.1, 0.15) is 0 Å². The highest BCUT2D eigenvalue weighted by molar-refractivity contribution is 4.20. The van der Waals surface area contributed by atoms with Crippen LogP contribution in [-0.2, 0) is 0 Å². The van der Waals surface area contributed by atoms with Crippen molar-refractivity contribution in [1.82, 2.24) is 0 Å². The van der Waals surface area contributed by atoms with E-state index in [-0.39, 0.29) is 0 Å². The molecule has 0 aliphatic rings. The standard InChI is InChI=1S/C4H10.C3H8.CH4O/c1-4(2)3;1-3-2;1-2/h4H,1-3H3;3H2,1-2H3;2H,1H3. The number of hydrogen-bond donors (Lipinski definition) is 1. The fourth-order valence-electron chi connectivity index (χ4n) is 0. The van der Waals surface area contributed by atoms with E-state index in [0.29, 0.717) is 0 Å². The van der Waals surface area contributed by atoms with Gasteiger partial charge in [-0.2, -0.15) is 0 Å². The van der Waals surface area contributed by atoms with Gasteiger partial charge in [0.05, 0.1) is 0 Å². The minimum absolute atomic E-state index is 0.833. The summed E-state index contributed by atoms with van der Waals surface area (Å²) in [6.45, 7) is 10.8. The van der Waals surface area contributed by atoms with Crippen LogP contribution in [0, 0.1) is 5.92 Å². The maximum absolute atomic E-state index is 7.00. The molecule has 0 atom stereocenters. The first-order chi connectivity index (χ1) is 4.15. The van der Waals surface area contributed by atoms with Crippen LogP contribution < -0.4 is 0 Å². The van der Waals surface area contributed by atoms with Crippen molar-refractivity contribution in [3.05, 3.63) is 0 Å². The zero-order valence-corrected chi connectivity index (χ0v) is 7.73. The van der Waals surface area contributed by atoms with E-state index in [9.17, 15) is 0 Å². The van der Waals surface area contributed by atoms with Gasteiger partial charge in [0.15, 0.2) is 0 Å². The zero-order valence-electron chi connectivity index (χ0n) is 7.73. The lowest BCUT2D eigenvalue weighted by Gasteiger charge is -1.79. The van der Waals surface area contributed by atoms with E-state index >= 15 is 0 Å². The van der Waals surface area contributed by atoms with Gasteiger partial charge in [-0.25, -0.2) is 0 Å². The van der Waals surface area contributed by atoms with Crippen LogP contribution in [0.2, 0.25) is 0 Å². The molecule has 0 aliphatic heterocycles. The molecule has 0 saturated carbocycles. The van der Waals surface area contributed by atoms with Crippen molar-refractivity contribution in [2.45, 2.75) is 41.0 Å². The van der Waals surface area contributed by atoms with Gasteiger partial charge in [-0.15, -0.1) is 0 Å². The van der Waals surface area contributed by atoms with Crippen LogP contribution in [0.1, 0.15) is 41.0 Å². The molecule has 1 heteroatoms. The van der Waals surface area contributed by atoms with E-state index < -0.39 is 0 Å². The smallest absolute Gasteiger partial charge is 0.0319 e. The maximum Gasteiger partial charge on any atom is 0.0319 e. The summed E-state index contributed by atoms with van der Waals surface area (Å²) in [6, 6.07) is 0. The Morgan fingerprint density at radius 1 is 1.00 bits per heavy atom. The second kappa shape index (κ2) is 24.6. The molecule has 0 amide bonds. The molecule has 0 aliphatic carbocycles. The van der Waals surface area contributed by atoms with E-state index in [1.54, 1.807) is 0 Å². The van der Waals surface area contributed by atoms with Crippen molar-refractivity contribution in [2.75, 3.05) is 7.11 Å². The third-order valence-electron chi connectivity index (χ3n) is 0. The van der Waals surface area contributed by atoms with E-state index in [4.69, 9.17) is 5.11 Å². The molecule has 0 aromatic carbocycles. The van der Waals surface area contributed by atoms with Crippen LogP contribution in [0.25, 0.3) is 0 Å². The molecule has 1 nitrogen and oxygen atoms in total. The monoisotopic (exact) mass is 134 g/mol. The fraction of sp³-hybridized carbons (Fsp3) is 1.00. The SMILES string of the molecule is CC(C)C.CCC.CO. The zero-order chi connectivity index (χ0) is 8.28. The Morgan fingerprint density at radius 2 is 1.00 bits per heavy atom. The summed E-state index contributed by atoms with van der Waals surface area (Å²) in [5, 5.41) is 7.00. The van der Waals surface area contributed by atoms with Gasteiger partial charge in [-0.3, -0.25) is 0 Å². The molecule has 0 spiro atoms. The Hall–Kier alpha value is -0.0400. The molecule has 0 aromatic rings. The van der Waals surface area contributed by atoms with Crippen molar-refractivity contribution >= 4 is 0 Å². The molecule has 1 N–H and O–H groups in total. The molecule has 9 heavy (non-hydrogen) atoms. The Bertz CT molecular complexity index is 15.8. The lowest BCUT2D eigenvalue weighted by Crippen LogP contribution is -1.66. The maximum atomic E-state index is 7.00. The normalized spacial score (nSPS) is 6.67. The average molecular weight is 134 g/mol. The first-order valence-corrected chi connectivity index (χ1v) is 3.59. The Kier molecular flexibility index (Phi) is 43.7. The molecular weight excluding hydrogens is 112 g/mol. The predicted octanol–water partition coefficient (Wildman–Crippen LogP) is 2.69. The lowest BCUT2D eigenvalue weighted by molar-refractivity contribution is 0.399. The summed E-state index contributed by atoms with van der Waals surface area (Å²) in [4.78, 5) is 0. The van der Waals surface area contributed by atoms with E-state index in [2.05, 4.69) is 34.6 Å². The van der Waals surface area contributed by atoms with Crippen molar-refractivity contribution in [1.29, 1.82) is 0 Å². The number of hydrogen-bond acceptors (Lipinski definition) is 1. The Labute approximate surface area is 60.1 Å². The number of aliphatic hydroxyl groups is 1. The van der Waals surface area contributed by atoms with Crippen LogP contribution in [0.4, 0.5) is 0 Å². The number of aliphatic hydroxyl groups excluding tert-OH is 1. The van der Waals surface area contributed by atoms with Gasteiger partial charge in [-0.05, 0) is 5.92 Å². The second-order valence-corrected chi connectivity index (χ2v) is 2.44. The molecule has 60 valence electrons. The van der Waals surface area contributed by atoms with Gasteiger partial charge >= 0.3 is 0 Å². The molecule has 0 fully saturated rings. The summed E-state index contributed by atoms with van der Waals surface area (Å²) >= 11 is 0. The molecule has 0 rings (SSSR count). The Balaban J connectivity index is -0.0000000646. The summed E-state index contributed by atoms with van der Waals surface area (Å²) in [5.74, 6) is 0.833. The predicted molar refractivity (Wildman–Crippen MR) is 44.6 cm³/mol. The van der Waals surface area contributed by atoms with Gasteiger partial charge in [0.2, 0.25) is 0 Å². The van der Waals surface area contributed by atoms with Crippen LogP contribution in [0.15, 0.2) is 0 Å². The van der Waals surface area contributed by atoms with Crippen LogP contribution in [0.3, 0.4) is 0 Å². The van der Waals surface area contributed by atoms with E-state index in [0.717, 1.165) is 13.0 Å². The minimum atomic E-state index is 0.833.